The van der Waals surface area contributed by atoms with Gasteiger partial charge in [0.25, 0.3) is 5.91 Å². The minimum absolute atomic E-state index is 0.123. The second-order valence-electron chi connectivity index (χ2n) is 6.34. The zero-order valence-electron chi connectivity index (χ0n) is 16.0. The van der Waals surface area contributed by atoms with Gasteiger partial charge in [-0.2, -0.15) is 10.4 Å². The van der Waals surface area contributed by atoms with Gasteiger partial charge in [-0.3, -0.25) is 4.79 Å². The summed E-state index contributed by atoms with van der Waals surface area (Å²) in [5, 5.41) is 13.7. The molecule has 32 heavy (non-hydrogen) atoms. The quantitative estimate of drug-likeness (QED) is 0.248. The van der Waals surface area contributed by atoms with Gasteiger partial charge in [0.2, 0.25) is 0 Å². The molecule has 0 saturated heterocycles. The van der Waals surface area contributed by atoms with Crippen LogP contribution in [0, 0.1) is 17.1 Å². The number of ether oxygens (including phenoxy) is 1. The van der Waals surface area contributed by atoms with Crippen molar-refractivity contribution < 1.29 is 13.9 Å². The molecule has 3 aromatic carbocycles. The predicted molar refractivity (Wildman–Crippen MR) is 129 cm³/mol. The lowest BCUT2D eigenvalue weighted by molar-refractivity contribution is 0.0951. The number of halogens is 5. The Balaban J connectivity index is 1.67. The first-order valence-electron chi connectivity index (χ1n) is 8.87. The molecule has 0 bridgehead atoms. The number of hydrogen-bond acceptors (Lipinski definition) is 4. The molecule has 0 atom stereocenters. The van der Waals surface area contributed by atoms with Crippen LogP contribution in [0.1, 0.15) is 27.0 Å². The number of rotatable bonds is 6. The van der Waals surface area contributed by atoms with E-state index in [1.54, 1.807) is 36.4 Å². The molecule has 3 aromatic rings. The van der Waals surface area contributed by atoms with E-state index in [-0.39, 0.29) is 17.7 Å². The van der Waals surface area contributed by atoms with Crippen LogP contribution in [0.2, 0.25) is 10.0 Å². The molecule has 0 heterocycles. The molecule has 162 valence electrons. The predicted octanol–water partition coefficient (Wildman–Crippen LogP) is 6.87. The summed E-state index contributed by atoms with van der Waals surface area (Å²) in [6, 6.07) is 14.0. The maximum absolute atomic E-state index is 13.9. The van der Waals surface area contributed by atoms with E-state index in [9.17, 15) is 9.18 Å². The zero-order chi connectivity index (χ0) is 23.3. The Kier molecular flexibility index (Phi) is 8.26. The maximum Gasteiger partial charge on any atom is 0.274 e. The fourth-order valence-electron chi connectivity index (χ4n) is 2.58. The van der Waals surface area contributed by atoms with E-state index in [0.717, 1.165) is 11.6 Å². The average molecular weight is 600 g/mol. The standard InChI is InChI=1S/C22H12Br2Cl2FN3O2/c23-17-5-13(10-29-30-22(31)16-4-1-12(9-28)7-20(16)27)6-18(24)21(17)32-11-14-2-3-15(25)8-19(14)26/h1-8,10H,11H2,(H,30,31)/b29-10-. The summed E-state index contributed by atoms with van der Waals surface area (Å²) in [4.78, 5) is 12.1. The molecule has 10 heteroatoms. The normalized spacial score (nSPS) is 10.8. The molecular formula is C22H12Br2Cl2FN3O2. The molecule has 0 radical (unpaired) electrons. The fourth-order valence-corrected chi connectivity index (χ4v) is 4.49. The topological polar surface area (TPSA) is 74.5 Å². The molecule has 0 aliphatic carbocycles. The van der Waals surface area contributed by atoms with Crippen molar-refractivity contribution in [2.75, 3.05) is 0 Å². The van der Waals surface area contributed by atoms with Crippen LogP contribution in [-0.4, -0.2) is 12.1 Å². The van der Waals surface area contributed by atoms with Gasteiger partial charge < -0.3 is 4.74 Å². The van der Waals surface area contributed by atoms with Crippen LogP contribution < -0.4 is 10.2 Å². The summed E-state index contributed by atoms with van der Waals surface area (Å²) in [7, 11) is 0. The Hall–Kier alpha value is -2.44. The molecule has 0 aliphatic rings. The minimum atomic E-state index is -0.801. The van der Waals surface area contributed by atoms with Gasteiger partial charge in [0.05, 0.1) is 32.4 Å². The van der Waals surface area contributed by atoms with Crippen LogP contribution >= 0.6 is 55.1 Å². The molecule has 0 fully saturated rings. The number of nitrogens with zero attached hydrogens (tertiary/aromatic N) is 2. The minimum Gasteiger partial charge on any atom is -0.486 e. The first kappa shape index (κ1) is 24.2. The summed E-state index contributed by atoms with van der Waals surface area (Å²) in [5.41, 5.74) is 3.58. The highest BCUT2D eigenvalue weighted by molar-refractivity contribution is 9.11. The van der Waals surface area contributed by atoms with Crippen LogP contribution in [0.3, 0.4) is 0 Å². The van der Waals surface area contributed by atoms with Crippen LogP contribution in [0.5, 0.6) is 5.75 Å². The Morgan fingerprint density at radius 2 is 1.88 bits per heavy atom. The molecule has 0 spiro atoms. The highest BCUT2D eigenvalue weighted by Gasteiger charge is 2.13. The van der Waals surface area contributed by atoms with Crippen molar-refractivity contribution in [2.45, 2.75) is 6.61 Å². The summed E-state index contributed by atoms with van der Waals surface area (Å²) in [6.45, 7) is 0.229. The van der Waals surface area contributed by atoms with Gasteiger partial charge in [-0.25, -0.2) is 9.82 Å². The van der Waals surface area contributed by atoms with E-state index in [1.165, 1.54) is 18.3 Å². The lowest BCUT2D eigenvalue weighted by Crippen LogP contribution is -2.19. The monoisotopic (exact) mass is 597 g/mol. The molecule has 5 nitrogen and oxygen atoms in total. The zero-order valence-corrected chi connectivity index (χ0v) is 20.7. The lowest BCUT2D eigenvalue weighted by Gasteiger charge is -2.12. The Morgan fingerprint density at radius 3 is 2.50 bits per heavy atom. The molecule has 0 aliphatic heterocycles. The number of hydrazone groups is 1. The third kappa shape index (κ3) is 6.08. The molecule has 1 amide bonds. The molecule has 0 unspecified atom stereocenters. The van der Waals surface area contributed by atoms with E-state index >= 15 is 0 Å². The van der Waals surface area contributed by atoms with Crippen molar-refractivity contribution in [3.05, 3.63) is 95.6 Å². The van der Waals surface area contributed by atoms with Crippen LogP contribution in [0.4, 0.5) is 4.39 Å². The smallest absolute Gasteiger partial charge is 0.274 e. The van der Waals surface area contributed by atoms with Crippen molar-refractivity contribution in [1.29, 1.82) is 5.26 Å². The number of nitrogens with one attached hydrogen (secondary N) is 1. The van der Waals surface area contributed by atoms with Gasteiger partial charge in [-0.1, -0.05) is 29.3 Å². The number of carbonyl (C=O) groups is 1. The highest BCUT2D eigenvalue weighted by Crippen LogP contribution is 2.35. The third-order valence-corrected chi connectivity index (χ3v) is 5.90. The van der Waals surface area contributed by atoms with E-state index in [2.05, 4.69) is 42.4 Å². The van der Waals surface area contributed by atoms with Crippen LogP contribution in [0.15, 0.2) is 62.6 Å². The van der Waals surface area contributed by atoms with Gasteiger partial charge in [0, 0.05) is 15.6 Å². The number of nitriles is 1. The number of hydrogen-bond donors (Lipinski definition) is 1. The number of amides is 1. The second-order valence-corrected chi connectivity index (χ2v) is 8.90. The Bertz CT molecular complexity index is 1240. The van der Waals surface area contributed by atoms with Gasteiger partial charge in [-0.15, -0.1) is 0 Å². The molecule has 0 saturated carbocycles. The Morgan fingerprint density at radius 1 is 1.16 bits per heavy atom. The third-order valence-electron chi connectivity index (χ3n) is 4.13. The van der Waals surface area contributed by atoms with E-state index < -0.39 is 11.7 Å². The summed E-state index contributed by atoms with van der Waals surface area (Å²) < 4.78 is 21.1. The van der Waals surface area contributed by atoms with Crippen molar-refractivity contribution >= 4 is 67.2 Å². The summed E-state index contributed by atoms with van der Waals surface area (Å²) in [6.07, 6.45) is 1.40. The SMILES string of the molecule is N#Cc1ccc(C(=O)N/N=C\c2cc(Br)c(OCc3ccc(Cl)cc3Cl)c(Br)c2)c(F)c1. The second kappa shape index (κ2) is 10.9. The van der Waals surface area contributed by atoms with Crippen molar-refractivity contribution in [3.63, 3.8) is 0 Å². The van der Waals surface area contributed by atoms with Crippen molar-refractivity contribution in [1.82, 2.24) is 5.43 Å². The maximum atomic E-state index is 13.9. The molecule has 0 aromatic heterocycles. The van der Waals surface area contributed by atoms with Gasteiger partial charge in [0.1, 0.15) is 18.2 Å². The van der Waals surface area contributed by atoms with Gasteiger partial charge >= 0.3 is 0 Å². The molecule has 1 N–H and O–H groups in total. The highest BCUT2D eigenvalue weighted by atomic mass is 79.9. The van der Waals surface area contributed by atoms with Crippen molar-refractivity contribution in [2.24, 2.45) is 5.10 Å². The van der Waals surface area contributed by atoms with E-state index in [4.69, 9.17) is 33.2 Å². The summed E-state index contributed by atoms with van der Waals surface area (Å²) >= 11 is 19.0. The van der Waals surface area contributed by atoms with E-state index in [1.807, 2.05) is 0 Å². The summed E-state index contributed by atoms with van der Waals surface area (Å²) in [5.74, 6) is -0.984. The lowest BCUT2D eigenvalue weighted by atomic mass is 10.1. The molecular weight excluding hydrogens is 588 g/mol. The van der Waals surface area contributed by atoms with Gasteiger partial charge in [0.15, 0.2) is 0 Å². The average Bonchev–Trinajstić information content (AvgIpc) is 2.74. The first-order valence-corrected chi connectivity index (χ1v) is 11.2. The molecule has 3 rings (SSSR count). The van der Waals surface area contributed by atoms with Gasteiger partial charge in [-0.05, 0) is 79.9 Å². The first-order chi connectivity index (χ1) is 15.3. The number of benzene rings is 3. The Labute approximate surface area is 210 Å². The van der Waals surface area contributed by atoms with Crippen molar-refractivity contribution in [3.8, 4) is 11.8 Å². The van der Waals surface area contributed by atoms with E-state index in [0.29, 0.717) is 30.3 Å². The van der Waals surface area contributed by atoms with Crippen LogP contribution in [-0.2, 0) is 6.61 Å². The fraction of sp³-hybridized carbons (Fsp3) is 0.0455. The number of carbonyl (C=O) groups excluding carboxylic acids is 1. The van der Waals surface area contributed by atoms with Crippen LogP contribution in [0.25, 0.3) is 0 Å². The largest absolute Gasteiger partial charge is 0.486 e.